The minimum atomic E-state index is -0.273. The van der Waals surface area contributed by atoms with Gasteiger partial charge in [-0.3, -0.25) is 4.68 Å². The van der Waals surface area contributed by atoms with Crippen LogP contribution in [0.1, 0.15) is 5.69 Å². The lowest BCUT2D eigenvalue weighted by Gasteiger charge is -2.06. The van der Waals surface area contributed by atoms with Gasteiger partial charge in [0, 0.05) is 24.6 Å². The summed E-state index contributed by atoms with van der Waals surface area (Å²) in [7, 11) is 1.83. The molecule has 0 saturated carbocycles. The zero-order valence-electron chi connectivity index (χ0n) is 10.1. The summed E-state index contributed by atoms with van der Waals surface area (Å²) >= 11 is 0. The Hall–Kier alpha value is -2.50. The summed E-state index contributed by atoms with van der Waals surface area (Å²) in [5.74, 6) is 0. The molecule has 1 heterocycles. The van der Waals surface area contributed by atoms with E-state index in [1.165, 1.54) is 0 Å². The van der Waals surface area contributed by atoms with Gasteiger partial charge in [0.1, 0.15) is 0 Å². The fraction of sp³-hybridized carbons (Fsp3) is 0.167. The second-order valence-electron chi connectivity index (χ2n) is 3.91. The molecule has 6 heteroatoms. The van der Waals surface area contributed by atoms with Crippen molar-refractivity contribution in [3.05, 3.63) is 42.2 Å². The summed E-state index contributed by atoms with van der Waals surface area (Å²) in [6, 6.07) is 8.53. The molecule has 0 aliphatic carbocycles. The van der Waals surface area contributed by atoms with Gasteiger partial charge in [-0.15, -0.1) is 0 Å². The second-order valence-corrected chi connectivity index (χ2v) is 3.91. The van der Waals surface area contributed by atoms with Crippen molar-refractivity contribution >= 4 is 17.4 Å². The number of amides is 2. The summed E-state index contributed by atoms with van der Waals surface area (Å²) in [5, 5.41) is 9.58. The topological polar surface area (TPSA) is 85.0 Å². The largest absolute Gasteiger partial charge is 0.399 e. The Morgan fingerprint density at radius 2 is 2.06 bits per heavy atom. The number of hydrogen-bond acceptors (Lipinski definition) is 3. The van der Waals surface area contributed by atoms with E-state index in [1.54, 1.807) is 28.9 Å². The number of nitrogens with one attached hydrogen (secondary N) is 2. The predicted octanol–water partition coefficient (Wildman–Crippen LogP) is 1.32. The maximum absolute atomic E-state index is 11.6. The molecule has 1 aromatic heterocycles. The molecule has 0 aliphatic heterocycles. The van der Waals surface area contributed by atoms with E-state index in [9.17, 15) is 4.79 Å². The highest BCUT2D eigenvalue weighted by Crippen LogP contribution is 2.10. The van der Waals surface area contributed by atoms with Crippen LogP contribution in [0.4, 0.5) is 16.2 Å². The Labute approximate surface area is 105 Å². The van der Waals surface area contributed by atoms with Gasteiger partial charge in [-0.25, -0.2) is 4.79 Å². The van der Waals surface area contributed by atoms with Gasteiger partial charge < -0.3 is 16.4 Å². The van der Waals surface area contributed by atoms with Crippen molar-refractivity contribution in [2.24, 2.45) is 7.05 Å². The Morgan fingerprint density at radius 1 is 1.33 bits per heavy atom. The zero-order valence-corrected chi connectivity index (χ0v) is 10.1. The Kier molecular flexibility index (Phi) is 3.47. The number of nitrogens with two attached hydrogens (primary N) is 1. The molecule has 2 amide bonds. The van der Waals surface area contributed by atoms with Crippen LogP contribution >= 0.6 is 0 Å². The molecule has 94 valence electrons. The number of carbonyl (C=O) groups excluding carboxylic acids is 1. The number of carbonyl (C=O) groups is 1. The molecule has 0 aliphatic rings. The van der Waals surface area contributed by atoms with E-state index in [0.717, 1.165) is 5.69 Å². The van der Waals surface area contributed by atoms with Crippen molar-refractivity contribution in [1.29, 1.82) is 0 Å². The molecule has 0 atom stereocenters. The minimum Gasteiger partial charge on any atom is -0.399 e. The Morgan fingerprint density at radius 3 is 2.67 bits per heavy atom. The summed E-state index contributed by atoms with van der Waals surface area (Å²) in [4.78, 5) is 11.6. The van der Waals surface area contributed by atoms with Crippen LogP contribution in [-0.4, -0.2) is 15.8 Å². The molecule has 4 N–H and O–H groups in total. The van der Waals surface area contributed by atoms with E-state index >= 15 is 0 Å². The standard InChI is InChI=1S/C12H15N5O/c1-17-7-6-11(16-17)8-14-12(18)15-10-4-2-9(13)3-5-10/h2-7H,8,13H2,1H3,(H2,14,15,18). The highest BCUT2D eigenvalue weighted by atomic mass is 16.2. The number of nitrogens with zero attached hydrogens (tertiary/aromatic N) is 2. The SMILES string of the molecule is Cn1ccc(CNC(=O)Nc2ccc(N)cc2)n1. The normalized spacial score (nSPS) is 10.1. The molecule has 0 spiro atoms. The quantitative estimate of drug-likeness (QED) is 0.713. The predicted molar refractivity (Wildman–Crippen MR) is 69.9 cm³/mol. The summed E-state index contributed by atoms with van der Waals surface area (Å²) in [6.07, 6.45) is 1.83. The van der Waals surface area contributed by atoms with Gasteiger partial charge in [-0.2, -0.15) is 5.10 Å². The van der Waals surface area contributed by atoms with Gasteiger partial charge in [0.15, 0.2) is 0 Å². The second kappa shape index (κ2) is 5.22. The molecule has 0 saturated heterocycles. The van der Waals surface area contributed by atoms with Crippen molar-refractivity contribution < 1.29 is 4.79 Å². The fourth-order valence-corrected chi connectivity index (χ4v) is 1.47. The zero-order chi connectivity index (χ0) is 13.0. The molecular formula is C12H15N5O. The lowest BCUT2D eigenvalue weighted by Crippen LogP contribution is -2.28. The van der Waals surface area contributed by atoms with Crippen LogP contribution in [0.25, 0.3) is 0 Å². The first kappa shape index (κ1) is 12.0. The van der Waals surface area contributed by atoms with E-state index in [2.05, 4.69) is 15.7 Å². The van der Waals surface area contributed by atoms with Crippen molar-refractivity contribution in [2.45, 2.75) is 6.54 Å². The van der Waals surface area contributed by atoms with Crippen LogP contribution in [0, 0.1) is 0 Å². The summed E-state index contributed by atoms with van der Waals surface area (Å²) in [5.41, 5.74) is 7.72. The minimum absolute atomic E-state index is 0.273. The van der Waals surface area contributed by atoms with E-state index in [4.69, 9.17) is 5.73 Å². The average molecular weight is 245 g/mol. The monoisotopic (exact) mass is 245 g/mol. The van der Waals surface area contributed by atoms with E-state index < -0.39 is 0 Å². The van der Waals surface area contributed by atoms with Crippen LogP contribution in [0.2, 0.25) is 0 Å². The highest BCUT2D eigenvalue weighted by Gasteiger charge is 2.02. The first-order valence-corrected chi connectivity index (χ1v) is 5.52. The third-order valence-electron chi connectivity index (χ3n) is 2.37. The number of urea groups is 1. The van der Waals surface area contributed by atoms with Crippen LogP contribution in [-0.2, 0) is 13.6 Å². The summed E-state index contributed by atoms with van der Waals surface area (Å²) in [6.45, 7) is 0.391. The lowest BCUT2D eigenvalue weighted by molar-refractivity contribution is 0.251. The van der Waals surface area contributed by atoms with Crippen LogP contribution in [0.15, 0.2) is 36.5 Å². The molecule has 18 heavy (non-hydrogen) atoms. The first-order valence-electron chi connectivity index (χ1n) is 5.52. The molecule has 0 unspecified atom stereocenters. The number of hydrogen-bond donors (Lipinski definition) is 3. The molecule has 0 radical (unpaired) electrons. The van der Waals surface area contributed by atoms with Gasteiger partial charge in [-0.05, 0) is 30.3 Å². The van der Waals surface area contributed by atoms with E-state index in [1.807, 2.05) is 19.3 Å². The van der Waals surface area contributed by atoms with Gasteiger partial charge in [0.25, 0.3) is 0 Å². The maximum atomic E-state index is 11.6. The molecule has 1 aromatic carbocycles. The van der Waals surface area contributed by atoms with Gasteiger partial charge >= 0.3 is 6.03 Å². The average Bonchev–Trinajstić information content (AvgIpc) is 2.76. The van der Waals surface area contributed by atoms with Crippen molar-refractivity contribution in [2.75, 3.05) is 11.1 Å². The van der Waals surface area contributed by atoms with Crippen molar-refractivity contribution in [3.8, 4) is 0 Å². The smallest absolute Gasteiger partial charge is 0.319 e. The molecule has 0 fully saturated rings. The third kappa shape index (κ3) is 3.24. The Bertz CT molecular complexity index is 532. The molecule has 0 bridgehead atoms. The highest BCUT2D eigenvalue weighted by molar-refractivity contribution is 5.89. The number of anilines is 2. The maximum Gasteiger partial charge on any atom is 0.319 e. The summed E-state index contributed by atoms with van der Waals surface area (Å²) < 4.78 is 1.69. The van der Waals surface area contributed by atoms with Crippen LogP contribution in [0.3, 0.4) is 0 Å². The fourth-order valence-electron chi connectivity index (χ4n) is 1.47. The number of benzene rings is 1. The number of nitrogen functional groups attached to an aromatic ring is 1. The van der Waals surface area contributed by atoms with Crippen molar-refractivity contribution in [3.63, 3.8) is 0 Å². The first-order chi connectivity index (χ1) is 8.63. The molecule has 6 nitrogen and oxygen atoms in total. The molecular weight excluding hydrogens is 230 g/mol. The van der Waals surface area contributed by atoms with Gasteiger partial charge in [0.2, 0.25) is 0 Å². The van der Waals surface area contributed by atoms with Crippen molar-refractivity contribution in [1.82, 2.24) is 15.1 Å². The van der Waals surface area contributed by atoms with Crippen LogP contribution < -0.4 is 16.4 Å². The third-order valence-corrected chi connectivity index (χ3v) is 2.37. The molecule has 2 rings (SSSR count). The van der Waals surface area contributed by atoms with Gasteiger partial charge in [-0.1, -0.05) is 0 Å². The van der Waals surface area contributed by atoms with Gasteiger partial charge in [0.05, 0.1) is 12.2 Å². The van der Waals surface area contributed by atoms with E-state index in [-0.39, 0.29) is 6.03 Å². The lowest BCUT2D eigenvalue weighted by atomic mass is 10.3. The molecule has 2 aromatic rings. The number of aryl methyl sites for hydroxylation is 1. The number of aromatic nitrogens is 2. The van der Waals surface area contributed by atoms with E-state index in [0.29, 0.717) is 17.9 Å². The van der Waals surface area contributed by atoms with Crippen LogP contribution in [0.5, 0.6) is 0 Å². The Balaban J connectivity index is 1.83. The number of rotatable bonds is 3.